The number of sulfonamides is 1. The molecule has 1 amide bonds. The van der Waals surface area contributed by atoms with Crippen LogP contribution in [0.25, 0.3) is 0 Å². The summed E-state index contributed by atoms with van der Waals surface area (Å²) in [5.41, 5.74) is 0.938. The molecule has 0 saturated heterocycles. The van der Waals surface area contributed by atoms with Crippen molar-refractivity contribution in [3.05, 3.63) is 35.9 Å². The molecule has 6 heteroatoms. The van der Waals surface area contributed by atoms with Gasteiger partial charge in [-0.2, -0.15) is 11.8 Å². The molecule has 0 aliphatic rings. The van der Waals surface area contributed by atoms with Crippen LogP contribution in [0, 0.1) is 0 Å². The van der Waals surface area contributed by atoms with E-state index in [0.717, 1.165) is 5.56 Å². The zero-order valence-electron chi connectivity index (χ0n) is 10.4. The number of carbonyl (C=O) groups excluding carboxylic acids is 1. The van der Waals surface area contributed by atoms with Crippen molar-refractivity contribution in [2.45, 2.75) is 18.6 Å². The zero-order valence-corrected chi connectivity index (χ0v) is 12.1. The molecule has 0 spiro atoms. The van der Waals surface area contributed by atoms with Gasteiger partial charge in [-0.15, -0.1) is 0 Å². The number of nitrogens with one attached hydrogen (secondary N) is 1. The molecule has 1 aromatic carbocycles. The number of amides is 1. The summed E-state index contributed by atoms with van der Waals surface area (Å²) in [6.07, 6.45) is 2.16. The van der Waals surface area contributed by atoms with Crippen LogP contribution in [-0.2, 0) is 21.2 Å². The third-order valence-corrected chi connectivity index (χ3v) is 4.66. The highest BCUT2D eigenvalue weighted by Crippen LogP contribution is 2.06. The summed E-state index contributed by atoms with van der Waals surface area (Å²) >= 11 is 1.31. The van der Waals surface area contributed by atoms with Crippen LogP contribution in [-0.4, -0.2) is 31.6 Å². The molecule has 0 saturated carbocycles. The summed E-state index contributed by atoms with van der Waals surface area (Å²) < 4.78 is 25.5. The molecule has 1 N–H and O–H groups in total. The summed E-state index contributed by atoms with van der Waals surface area (Å²) in [6, 6.07) is 9.32. The lowest BCUT2D eigenvalue weighted by atomic mass is 10.2. The van der Waals surface area contributed by atoms with Crippen molar-refractivity contribution < 1.29 is 13.2 Å². The molecule has 0 unspecified atom stereocenters. The maximum atomic E-state index is 11.7. The van der Waals surface area contributed by atoms with Gasteiger partial charge >= 0.3 is 0 Å². The first-order valence-corrected chi connectivity index (χ1v) is 8.49. The Morgan fingerprint density at radius 2 is 1.94 bits per heavy atom. The molecule has 18 heavy (non-hydrogen) atoms. The van der Waals surface area contributed by atoms with Crippen molar-refractivity contribution in [1.82, 2.24) is 4.72 Å². The minimum Gasteiger partial charge on any atom is -0.273 e. The van der Waals surface area contributed by atoms with Crippen molar-refractivity contribution in [2.24, 2.45) is 0 Å². The molecule has 0 radical (unpaired) electrons. The Morgan fingerprint density at radius 1 is 1.33 bits per heavy atom. The topological polar surface area (TPSA) is 63.2 Å². The molecule has 0 aromatic heterocycles. The Bertz CT molecular complexity index is 485. The van der Waals surface area contributed by atoms with Crippen LogP contribution in [0.1, 0.15) is 12.5 Å². The van der Waals surface area contributed by atoms with Gasteiger partial charge in [-0.25, -0.2) is 8.42 Å². The first-order valence-electron chi connectivity index (χ1n) is 5.55. The summed E-state index contributed by atoms with van der Waals surface area (Å²) in [7, 11) is -3.55. The third-order valence-electron chi connectivity index (χ3n) is 2.48. The highest BCUT2D eigenvalue weighted by molar-refractivity contribution is 8.00. The third kappa shape index (κ3) is 5.10. The van der Waals surface area contributed by atoms with E-state index >= 15 is 0 Å². The minimum atomic E-state index is -3.55. The number of thioether (sulfide) groups is 1. The molecule has 4 nitrogen and oxygen atoms in total. The molecular weight excluding hydrogens is 270 g/mol. The summed E-state index contributed by atoms with van der Waals surface area (Å²) in [5.74, 6) is -0.542. The Morgan fingerprint density at radius 3 is 2.50 bits per heavy atom. The van der Waals surface area contributed by atoms with Crippen molar-refractivity contribution in [1.29, 1.82) is 0 Å². The van der Waals surface area contributed by atoms with Crippen LogP contribution in [0.4, 0.5) is 0 Å². The SMILES string of the molecule is CS[C@@H](C)C(=O)NS(=O)(=O)CCc1ccccc1. The van der Waals surface area contributed by atoms with E-state index in [1.807, 2.05) is 30.3 Å². The molecule has 0 bridgehead atoms. The molecule has 100 valence electrons. The fourth-order valence-electron chi connectivity index (χ4n) is 1.29. The fraction of sp³-hybridized carbons (Fsp3) is 0.417. The second-order valence-corrected chi connectivity index (χ2v) is 6.92. The van der Waals surface area contributed by atoms with Gasteiger partial charge in [-0.1, -0.05) is 30.3 Å². The van der Waals surface area contributed by atoms with E-state index in [-0.39, 0.29) is 11.0 Å². The van der Waals surface area contributed by atoms with Crippen LogP contribution in [0.15, 0.2) is 30.3 Å². The maximum absolute atomic E-state index is 11.7. The Balaban J connectivity index is 2.53. The molecular formula is C12H17NO3S2. The van der Waals surface area contributed by atoms with Crippen LogP contribution < -0.4 is 4.72 Å². The van der Waals surface area contributed by atoms with Crippen molar-refractivity contribution >= 4 is 27.7 Å². The van der Waals surface area contributed by atoms with E-state index in [2.05, 4.69) is 4.72 Å². The van der Waals surface area contributed by atoms with Crippen molar-refractivity contribution in [2.75, 3.05) is 12.0 Å². The fourth-order valence-corrected chi connectivity index (χ4v) is 2.73. The van der Waals surface area contributed by atoms with Gasteiger partial charge in [0.05, 0.1) is 11.0 Å². The Kier molecular flexibility index (Phi) is 5.68. The largest absolute Gasteiger partial charge is 0.273 e. The summed E-state index contributed by atoms with van der Waals surface area (Å²) in [6.45, 7) is 1.67. The van der Waals surface area contributed by atoms with E-state index in [4.69, 9.17) is 0 Å². The van der Waals surface area contributed by atoms with E-state index in [1.54, 1.807) is 13.2 Å². The van der Waals surface area contributed by atoms with Crippen molar-refractivity contribution in [3.8, 4) is 0 Å². The molecule has 1 aromatic rings. The number of carbonyl (C=O) groups is 1. The summed E-state index contributed by atoms with van der Waals surface area (Å²) in [5, 5.41) is -0.364. The van der Waals surface area contributed by atoms with E-state index in [9.17, 15) is 13.2 Å². The van der Waals surface area contributed by atoms with Crippen LogP contribution in [0.2, 0.25) is 0 Å². The van der Waals surface area contributed by atoms with Gasteiger partial charge in [0, 0.05) is 0 Å². The normalized spacial score (nSPS) is 13.0. The lowest BCUT2D eigenvalue weighted by Crippen LogP contribution is -2.37. The standard InChI is InChI=1S/C12H17NO3S2/c1-10(17-2)12(14)13-18(15,16)9-8-11-6-4-3-5-7-11/h3-7,10H,8-9H2,1-2H3,(H,13,14)/t10-/m0/s1. The van der Waals surface area contributed by atoms with E-state index in [1.165, 1.54) is 11.8 Å². The number of rotatable bonds is 6. The predicted octanol–water partition coefficient (Wildman–Crippen LogP) is 1.43. The lowest BCUT2D eigenvalue weighted by molar-refractivity contribution is -0.118. The van der Waals surface area contributed by atoms with E-state index in [0.29, 0.717) is 6.42 Å². The monoisotopic (exact) mass is 287 g/mol. The van der Waals surface area contributed by atoms with Gasteiger partial charge in [0.15, 0.2) is 0 Å². The average Bonchev–Trinajstić information content (AvgIpc) is 2.36. The predicted molar refractivity (Wildman–Crippen MR) is 75.1 cm³/mol. The van der Waals surface area contributed by atoms with Gasteiger partial charge in [-0.3, -0.25) is 9.52 Å². The number of hydrogen-bond donors (Lipinski definition) is 1. The molecule has 0 heterocycles. The Labute approximate surface area is 112 Å². The van der Waals surface area contributed by atoms with E-state index < -0.39 is 15.9 Å². The first kappa shape index (κ1) is 15.0. The van der Waals surface area contributed by atoms with Gasteiger partial charge in [0.25, 0.3) is 0 Å². The second-order valence-electron chi connectivity index (χ2n) is 3.90. The minimum absolute atomic E-state index is 0.0795. The highest BCUT2D eigenvalue weighted by atomic mass is 32.2. The average molecular weight is 287 g/mol. The lowest BCUT2D eigenvalue weighted by Gasteiger charge is -2.10. The van der Waals surface area contributed by atoms with Crippen LogP contribution in [0.5, 0.6) is 0 Å². The zero-order chi connectivity index (χ0) is 13.6. The number of aryl methyl sites for hydroxylation is 1. The quantitative estimate of drug-likeness (QED) is 0.859. The Hall–Kier alpha value is -1.01. The van der Waals surface area contributed by atoms with Crippen molar-refractivity contribution in [3.63, 3.8) is 0 Å². The molecule has 1 rings (SSSR count). The maximum Gasteiger partial charge on any atom is 0.246 e. The first-order chi connectivity index (χ1) is 8.44. The summed E-state index contributed by atoms with van der Waals surface area (Å²) in [4.78, 5) is 11.5. The van der Waals surface area contributed by atoms with Gasteiger partial charge < -0.3 is 0 Å². The van der Waals surface area contributed by atoms with Crippen LogP contribution in [0.3, 0.4) is 0 Å². The molecule has 0 aliphatic carbocycles. The molecule has 0 fully saturated rings. The van der Waals surface area contributed by atoms with Gasteiger partial charge in [-0.05, 0) is 25.2 Å². The van der Waals surface area contributed by atoms with Gasteiger partial charge in [0.1, 0.15) is 0 Å². The number of benzene rings is 1. The number of hydrogen-bond acceptors (Lipinski definition) is 4. The smallest absolute Gasteiger partial charge is 0.246 e. The molecule has 1 atom stereocenters. The highest BCUT2D eigenvalue weighted by Gasteiger charge is 2.18. The van der Waals surface area contributed by atoms with Crippen LogP contribution >= 0.6 is 11.8 Å². The second kappa shape index (κ2) is 6.80. The molecule has 0 aliphatic heterocycles. The van der Waals surface area contributed by atoms with Gasteiger partial charge in [0.2, 0.25) is 15.9 Å².